The van der Waals surface area contributed by atoms with Gasteiger partial charge in [-0.3, -0.25) is 4.79 Å². The van der Waals surface area contributed by atoms with Crippen molar-refractivity contribution in [1.29, 1.82) is 0 Å². The maximum absolute atomic E-state index is 11.9. The van der Waals surface area contributed by atoms with Crippen LogP contribution in [0.3, 0.4) is 0 Å². The van der Waals surface area contributed by atoms with Crippen LogP contribution in [0.15, 0.2) is 12.1 Å². The van der Waals surface area contributed by atoms with E-state index >= 15 is 0 Å². The Hall–Kier alpha value is -1.15. The van der Waals surface area contributed by atoms with Gasteiger partial charge in [0.05, 0.1) is 10.7 Å². The number of benzene rings is 1. The largest absolute Gasteiger partial charge is 0.310 e. The Morgan fingerprint density at radius 3 is 2.32 bits per heavy atom. The van der Waals surface area contributed by atoms with Crippen molar-refractivity contribution in [3.63, 3.8) is 0 Å². The molecule has 0 fully saturated rings. The molecule has 0 aliphatic heterocycles. The Balaban J connectivity index is 2.96. The van der Waals surface area contributed by atoms with E-state index in [0.717, 1.165) is 15.4 Å². The second-order valence-corrected chi connectivity index (χ2v) is 7.64. The van der Waals surface area contributed by atoms with Gasteiger partial charge < -0.3 is 4.90 Å². The van der Waals surface area contributed by atoms with Crippen LogP contribution in [0.2, 0.25) is 5.02 Å². The summed E-state index contributed by atoms with van der Waals surface area (Å²) >= 11 is 6.25. The van der Waals surface area contributed by atoms with E-state index in [9.17, 15) is 13.2 Å². The molecular formula is C14H22ClN3O3S. The number of rotatable bonds is 6. The van der Waals surface area contributed by atoms with Crippen molar-refractivity contribution in [2.75, 3.05) is 32.1 Å². The van der Waals surface area contributed by atoms with Gasteiger partial charge in [0.25, 0.3) is 10.2 Å². The minimum Gasteiger partial charge on any atom is -0.310 e. The third-order valence-corrected chi connectivity index (χ3v) is 4.97. The van der Waals surface area contributed by atoms with Crippen LogP contribution in [0.1, 0.15) is 18.1 Å². The van der Waals surface area contributed by atoms with Gasteiger partial charge in [0, 0.05) is 34.1 Å². The fraction of sp³-hybridized carbons (Fsp3) is 0.500. The molecule has 0 unspecified atom stereocenters. The van der Waals surface area contributed by atoms with Gasteiger partial charge in [-0.1, -0.05) is 17.7 Å². The molecule has 0 aromatic heterocycles. The fourth-order valence-electron chi connectivity index (χ4n) is 2.09. The topological polar surface area (TPSA) is 69.7 Å². The van der Waals surface area contributed by atoms with Gasteiger partial charge in [-0.05, 0) is 31.0 Å². The predicted molar refractivity (Wildman–Crippen MR) is 89.6 cm³/mol. The van der Waals surface area contributed by atoms with Crippen molar-refractivity contribution < 1.29 is 13.2 Å². The summed E-state index contributed by atoms with van der Waals surface area (Å²) in [7, 11) is -0.643. The first-order valence-electron chi connectivity index (χ1n) is 6.78. The SMILES string of the molecule is CC(=O)N(CCNS(=O)(=O)N(C)C)c1c(C)cc(C)cc1Cl. The van der Waals surface area contributed by atoms with Crippen LogP contribution in [-0.4, -0.2) is 45.8 Å². The van der Waals surface area contributed by atoms with Crippen molar-refractivity contribution in [3.8, 4) is 0 Å². The van der Waals surface area contributed by atoms with E-state index in [1.165, 1.54) is 25.9 Å². The molecule has 0 saturated carbocycles. The van der Waals surface area contributed by atoms with E-state index in [-0.39, 0.29) is 19.0 Å². The maximum atomic E-state index is 11.9. The third-order valence-electron chi connectivity index (χ3n) is 3.15. The van der Waals surface area contributed by atoms with Gasteiger partial charge >= 0.3 is 0 Å². The van der Waals surface area contributed by atoms with Gasteiger partial charge in [-0.2, -0.15) is 12.7 Å². The molecule has 0 bridgehead atoms. The van der Waals surface area contributed by atoms with E-state index in [0.29, 0.717) is 10.7 Å². The lowest BCUT2D eigenvalue weighted by Gasteiger charge is -2.25. The molecule has 8 heteroatoms. The molecule has 1 aromatic rings. The lowest BCUT2D eigenvalue weighted by atomic mass is 10.1. The minimum atomic E-state index is -3.52. The quantitative estimate of drug-likeness (QED) is 0.851. The highest BCUT2D eigenvalue weighted by Crippen LogP contribution is 2.31. The Morgan fingerprint density at radius 2 is 1.86 bits per heavy atom. The normalized spacial score (nSPS) is 11.8. The summed E-state index contributed by atoms with van der Waals surface area (Å²) in [6, 6.07) is 3.71. The number of hydrogen-bond donors (Lipinski definition) is 1. The minimum absolute atomic E-state index is 0.101. The van der Waals surface area contributed by atoms with Crippen molar-refractivity contribution in [2.45, 2.75) is 20.8 Å². The molecule has 1 aromatic carbocycles. The number of amides is 1. The molecule has 22 heavy (non-hydrogen) atoms. The number of nitrogens with zero attached hydrogens (tertiary/aromatic N) is 2. The lowest BCUT2D eigenvalue weighted by molar-refractivity contribution is -0.116. The zero-order valence-electron chi connectivity index (χ0n) is 13.5. The van der Waals surface area contributed by atoms with E-state index in [4.69, 9.17) is 11.6 Å². The molecule has 0 aliphatic rings. The number of halogens is 1. The van der Waals surface area contributed by atoms with Crippen molar-refractivity contribution in [2.24, 2.45) is 0 Å². The van der Waals surface area contributed by atoms with E-state index in [1.54, 1.807) is 6.07 Å². The zero-order valence-corrected chi connectivity index (χ0v) is 15.0. The monoisotopic (exact) mass is 347 g/mol. The average molecular weight is 348 g/mol. The smallest absolute Gasteiger partial charge is 0.278 e. The zero-order chi connectivity index (χ0) is 17.1. The molecule has 0 heterocycles. The van der Waals surface area contributed by atoms with Crippen LogP contribution in [0.5, 0.6) is 0 Å². The summed E-state index contributed by atoms with van der Waals surface area (Å²) in [5, 5.41) is 0.475. The Morgan fingerprint density at radius 1 is 1.27 bits per heavy atom. The first-order chi connectivity index (χ1) is 10.1. The van der Waals surface area contributed by atoms with Gasteiger partial charge in [-0.15, -0.1) is 0 Å². The predicted octanol–water partition coefficient (Wildman–Crippen LogP) is 1.71. The number of aryl methyl sites for hydroxylation is 2. The Bertz CT molecular complexity index is 636. The fourth-order valence-corrected chi connectivity index (χ4v) is 3.12. The summed E-state index contributed by atoms with van der Waals surface area (Å²) in [4.78, 5) is 13.4. The van der Waals surface area contributed by atoms with Crippen LogP contribution in [-0.2, 0) is 15.0 Å². The molecule has 0 aliphatic carbocycles. The Labute approximate surface area is 137 Å². The van der Waals surface area contributed by atoms with E-state index in [1.807, 2.05) is 19.9 Å². The maximum Gasteiger partial charge on any atom is 0.278 e. The number of carbonyl (C=O) groups is 1. The molecule has 0 spiro atoms. The number of anilines is 1. The van der Waals surface area contributed by atoms with Gasteiger partial charge in [0.1, 0.15) is 0 Å². The molecular weight excluding hydrogens is 326 g/mol. The van der Waals surface area contributed by atoms with Gasteiger partial charge in [0.2, 0.25) is 5.91 Å². The van der Waals surface area contributed by atoms with Crippen LogP contribution < -0.4 is 9.62 Å². The standard InChI is InChI=1S/C14H22ClN3O3S/c1-10-8-11(2)14(13(15)9-10)18(12(3)19)7-6-16-22(20,21)17(4)5/h8-9,16H,6-7H2,1-5H3. The number of hydrogen-bond acceptors (Lipinski definition) is 3. The summed E-state index contributed by atoms with van der Waals surface area (Å²) in [6.45, 7) is 5.52. The number of nitrogens with one attached hydrogen (secondary N) is 1. The van der Waals surface area contributed by atoms with Crippen LogP contribution in [0.25, 0.3) is 0 Å². The van der Waals surface area contributed by atoms with E-state index in [2.05, 4.69) is 4.72 Å². The lowest BCUT2D eigenvalue weighted by Crippen LogP contribution is -2.42. The molecule has 1 amide bonds. The first-order valence-corrected chi connectivity index (χ1v) is 8.60. The van der Waals surface area contributed by atoms with Gasteiger partial charge in [-0.25, -0.2) is 4.72 Å². The summed E-state index contributed by atoms with van der Waals surface area (Å²) in [5.74, 6) is -0.196. The molecule has 1 rings (SSSR count). The van der Waals surface area contributed by atoms with Crippen LogP contribution in [0, 0.1) is 13.8 Å². The van der Waals surface area contributed by atoms with Crippen LogP contribution >= 0.6 is 11.6 Å². The summed E-state index contributed by atoms with van der Waals surface area (Å²) in [5.41, 5.74) is 2.49. The highest BCUT2D eigenvalue weighted by molar-refractivity contribution is 7.87. The van der Waals surface area contributed by atoms with E-state index < -0.39 is 10.2 Å². The molecule has 0 atom stereocenters. The van der Waals surface area contributed by atoms with Crippen molar-refractivity contribution in [3.05, 3.63) is 28.3 Å². The third kappa shape index (κ3) is 4.67. The average Bonchev–Trinajstić information content (AvgIpc) is 2.35. The molecule has 124 valence electrons. The second-order valence-electron chi connectivity index (χ2n) is 5.26. The molecule has 0 radical (unpaired) electrons. The highest BCUT2D eigenvalue weighted by atomic mass is 35.5. The van der Waals surface area contributed by atoms with Crippen LogP contribution in [0.4, 0.5) is 5.69 Å². The molecule has 0 saturated heterocycles. The number of carbonyl (C=O) groups excluding carboxylic acids is 1. The molecule has 6 nitrogen and oxygen atoms in total. The Kier molecular flexibility index (Phi) is 6.37. The second kappa shape index (κ2) is 7.41. The summed E-state index contributed by atoms with van der Waals surface area (Å²) < 4.78 is 26.9. The van der Waals surface area contributed by atoms with Crippen molar-refractivity contribution in [1.82, 2.24) is 9.03 Å². The first kappa shape index (κ1) is 18.9. The summed E-state index contributed by atoms with van der Waals surface area (Å²) in [6.07, 6.45) is 0. The molecule has 1 N–H and O–H groups in total. The van der Waals surface area contributed by atoms with Crippen molar-refractivity contribution >= 4 is 33.4 Å². The highest BCUT2D eigenvalue weighted by Gasteiger charge is 2.19. The van der Waals surface area contributed by atoms with Gasteiger partial charge in [0.15, 0.2) is 0 Å².